The number of nitrogens with two attached hydrogens (primary N) is 1. The molecule has 0 saturated carbocycles. The van der Waals surface area contributed by atoms with Crippen LogP contribution in [0.3, 0.4) is 0 Å². The third-order valence-electron chi connectivity index (χ3n) is 1.80. The van der Waals surface area contributed by atoms with E-state index in [0.29, 0.717) is 0 Å². The number of hydrogen-bond acceptors (Lipinski definition) is 3. The molecule has 0 fully saturated rings. The first kappa shape index (κ1) is 10.9. The molecule has 0 aliphatic heterocycles. The van der Waals surface area contributed by atoms with Crippen molar-refractivity contribution in [2.45, 2.75) is 19.6 Å². The van der Waals surface area contributed by atoms with Crippen molar-refractivity contribution >= 4 is 0 Å². The highest BCUT2D eigenvalue weighted by Gasteiger charge is 2.19. The predicted molar refractivity (Wildman–Crippen MR) is 43.0 cm³/mol. The second-order valence-corrected chi connectivity index (χ2v) is 2.62. The Hall–Kier alpha value is -1.14. The predicted octanol–water partition coefficient (Wildman–Crippen LogP) is 1.11. The number of nitrogens with zero attached hydrogens (tertiary/aromatic N) is 1. The van der Waals surface area contributed by atoms with Crippen LogP contribution in [0.25, 0.3) is 0 Å². The Labute approximate surface area is 78.4 Å². The summed E-state index contributed by atoms with van der Waals surface area (Å²) in [6, 6.07) is 0. The van der Waals surface area contributed by atoms with E-state index in [1.807, 2.05) is 0 Å². The largest absolute Gasteiger partial charge is 0.392 e. The molecular weight excluding hydrogens is 197 g/mol. The van der Waals surface area contributed by atoms with Gasteiger partial charge >= 0.3 is 0 Å². The average Bonchev–Trinajstić information content (AvgIpc) is 2.17. The summed E-state index contributed by atoms with van der Waals surface area (Å²) >= 11 is 0. The molecule has 0 unspecified atom stereocenters. The molecule has 0 atom stereocenters. The van der Waals surface area contributed by atoms with Crippen molar-refractivity contribution in [3.05, 3.63) is 28.8 Å². The van der Waals surface area contributed by atoms with Crippen molar-refractivity contribution in [1.29, 1.82) is 0 Å². The van der Waals surface area contributed by atoms with Crippen molar-refractivity contribution in [3.63, 3.8) is 0 Å². The standard InChI is InChI=1S/C8H9F3N2O/c9-6-4(3-14)2-13-7(8(10)11)5(6)1-12/h2,8,14H,1,3,12H2. The lowest BCUT2D eigenvalue weighted by Gasteiger charge is -2.09. The SMILES string of the molecule is NCc1c(C(F)F)ncc(CO)c1F. The molecule has 1 rings (SSSR count). The van der Waals surface area contributed by atoms with Crippen molar-refractivity contribution in [2.75, 3.05) is 0 Å². The number of rotatable bonds is 3. The van der Waals surface area contributed by atoms with Gasteiger partial charge in [-0.3, -0.25) is 4.98 Å². The summed E-state index contributed by atoms with van der Waals surface area (Å²) in [6.45, 7) is -0.957. The van der Waals surface area contributed by atoms with Gasteiger partial charge in [-0.1, -0.05) is 0 Å². The number of aliphatic hydroxyl groups is 1. The molecule has 78 valence electrons. The first-order valence-corrected chi connectivity index (χ1v) is 3.87. The Balaban J connectivity index is 3.28. The van der Waals surface area contributed by atoms with Crippen LogP contribution in [-0.4, -0.2) is 10.1 Å². The molecule has 0 spiro atoms. The van der Waals surface area contributed by atoms with Gasteiger partial charge in [0.25, 0.3) is 6.43 Å². The molecule has 0 aromatic carbocycles. The molecule has 1 aromatic rings. The quantitative estimate of drug-likeness (QED) is 0.778. The molecule has 1 heterocycles. The van der Waals surface area contributed by atoms with Crippen molar-refractivity contribution in [3.8, 4) is 0 Å². The molecule has 1 aromatic heterocycles. The van der Waals surface area contributed by atoms with E-state index in [4.69, 9.17) is 10.8 Å². The molecule has 3 nitrogen and oxygen atoms in total. The maximum Gasteiger partial charge on any atom is 0.280 e. The second kappa shape index (κ2) is 4.39. The van der Waals surface area contributed by atoms with Crippen molar-refractivity contribution < 1.29 is 18.3 Å². The molecule has 14 heavy (non-hydrogen) atoms. The third kappa shape index (κ3) is 1.85. The maximum atomic E-state index is 13.3. The zero-order chi connectivity index (χ0) is 10.7. The number of halogens is 3. The van der Waals surface area contributed by atoms with Gasteiger partial charge < -0.3 is 10.8 Å². The fourth-order valence-corrected chi connectivity index (χ4v) is 1.08. The Bertz CT molecular complexity index is 331. The summed E-state index contributed by atoms with van der Waals surface area (Å²) in [5, 5.41) is 8.66. The lowest BCUT2D eigenvalue weighted by molar-refractivity contribution is 0.143. The summed E-state index contributed by atoms with van der Waals surface area (Å²) in [7, 11) is 0. The highest BCUT2D eigenvalue weighted by Crippen LogP contribution is 2.24. The Kier molecular flexibility index (Phi) is 3.43. The normalized spacial score (nSPS) is 11.0. The fourth-order valence-electron chi connectivity index (χ4n) is 1.08. The van der Waals surface area contributed by atoms with Gasteiger partial charge in [0, 0.05) is 23.9 Å². The van der Waals surface area contributed by atoms with Crippen LogP contribution in [0.15, 0.2) is 6.20 Å². The molecule has 0 bridgehead atoms. The lowest BCUT2D eigenvalue weighted by atomic mass is 10.1. The van der Waals surface area contributed by atoms with Gasteiger partial charge in [-0.15, -0.1) is 0 Å². The second-order valence-electron chi connectivity index (χ2n) is 2.62. The van der Waals surface area contributed by atoms with E-state index in [-0.39, 0.29) is 17.7 Å². The summed E-state index contributed by atoms with van der Waals surface area (Å²) < 4.78 is 37.8. The highest BCUT2D eigenvalue weighted by molar-refractivity contribution is 5.28. The zero-order valence-electron chi connectivity index (χ0n) is 7.17. The smallest absolute Gasteiger partial charge is 0.280 e. The number of aliphatic hydroxyl groups excluding tert-OH is 1. The van der Waals surface area contributed by atoms with E-state index in [0.717, 1.165) is 6.20 Å². The van der Waals surface area contributed by atoms with Gasteiger partial charge in [0.05, 0.1) is 6.61 Å². The van der Waals surface area contributed by atoms with Crippen LogP contribution in [0, 0.1) is 5.82 Å². The molecule has 0 radical (unpaired) electrons. The number of alkyl halides is 2. The van der Waals surface area contributed by atoms with Crippen LogP contribution < -0.4 is 5.73 Å². The van der Waals surface area contributed by atoms with Crippen molar-refractivity contribution in [1.82, 2.24) is 4.98 Å². The van der Waals surface area contributed by atoms with Gasteiger partial charge in [-0.05, 0) is 0 Å². The first-order valence-electron chi connectivity index (χ1n) is 3.87. The van der Waals surface area contributed by atoms with Crippen molar-refractivity contribution in [2.24, 2.45) is 5.73 Å². The molecule has 6 heteroatoms. The van der Waals surface area contributed by atoms with Crippen LogP contribution in [0.2, 0.25) is 0 Å². The first-order chi connectivity index (χ1) is 6.61. The van der Waals surface area contributed by atoms with Crippen LogP contribution >= 0.6 is 0 Å². The Morgan fingerprint density at radius 1 is 1.50 bits per heavy atom. The van der Waals surface area contributed by atoms with Crippen LogP contribution in [-0.2, 0) is 13.2 Å². The Morgan fingerprint density at radius 2 is 2.14 bits per heavy atom. The van der Waals surface area contributed by atoms with E-state index in [2.05, 4.69) is 4.98 Å². The van der Waals surface area contributed by atoms with Gasteiger partial charge in [0.1, 0.15) is 11.5 Å². The van der Waals surface area contributed by atoms with E-state index in [1.165, 1.54) is 0 Å². The minimum Gasteiger partial charge on any atom is -0.392 e. The molecule has 0 aliphatic rings. The number of hydrogen-bond donors (Lipinski definition) is 2. The minimum absolute atomic E-state index is 0.130. The summed E-state index contributed by atoms with van der Waals surface area (Å²) in [5.41, 5.74) is 3.98. The number of pyridine rings is 1. The number of aromatic nitrogens is 1. The summed E-state index contributed by atoms with van der Waals surface area (Å²) in [5.74, 6) is -0.902. The molecule has 0 saturated heterocycles. The fraction of sp³-hybridized carbons (Fsp3) is 0.375. The van der Waals surface area contributed by atoms with Crippen LogP contribution in [0.1, 0.15) is 23.2 Å². The molecule has 3 N–H and O–H groups in total. The molecular formula is C8H9F3N2O. The summed E-state index contributed by atoms with van der Waals surface area (Å²) in [6.07, 6.45) is -1.98. The monoisotopic (exact) mass is 206 g/mol. The van der Waals surface area contributed by atoms with Crippen LogP contribution in [0.5, 0.6) is 0 Å². The maximum absolute atomic E-state index is 13.3. The van der Waals surface area contributed by atoms with Gasteiger partial charge in [0.15, 0.2) is 0 Å². The molecule has 0 amide bonds. The van der Waals surface area contributed by atoms with E-state index in [9.17, 15) is 13.2 Å². The lowest BCUT2D eigenvalue weighted by Crippen LogP contribution is -2.10. The minimum atomic E-state index is -2.87. The van der Waals surface area contributed by atoms with E-state index < -0.39 is 24.5 Å². The van der Waals surface area contributed by atoms with E-state index >= 15 is 0 Å². The average molecular weight is 206 g/mol. The van der Waals surface area contributed by atoms with Gasteiger partial charge in [-0.25, -0.2) is 13.2 Å². The Morgan fingerprint density at radius 3 is 2.57 bits per heavy atom. The topological polar surface area (TPSA) is 59.1 Å². The van der Waals surface area contributed by atoms with E-state index in [1.54, 1.807) is 0 Å². The van der Waals surface area contributed by atoms with Gasteiger partial charge in [0.2, 0.25) is 0 Å². The van der Waals surface area contributed by atoms with Crippen LogP contribution in [0.4, 0.5) is 13.2 Å². The molecule has 0 aliphatic carbocycles. The highest BCUT2D eigenvalue weighted by atomic mass is 19.3. The third-order valence-corrected chi connectivity index (χ3v) is 1.80. The van der Waals surface area contributed by atoms with Gasteiger partial charge in [-0.2, -0.15) is 0 Å². The zero-order valence-corrected chi connectivity index (χ0v) is 7.17. The summed E-state index contributed by atoms with van der Waals surface area (Å²) in [4.78, 5) is 3.35.